The summed E-state index contributed by atoms with van der Waals surface area (Å²) in [5.74, 6) is 1.38. The molecular formula is C29H28N2O6. The molecule has 0 aliphatic carbocycles. The van der Waals surface area contributed by atoms with E-state index in [1.54, 1.807) is 24.3 Å². The van der Waals surface area contributed by atoms with Crippen LogP contribution in [0.15, 0.2) is 72.1 Å². The lowest BCUT2D eigenvalue weighted by atomic mass is 9.83. The van der Waals surface area contributed by atoms with E-state index in [0.29, 0.717) is 41.8 Å². The van der Waals surface area contributed by atoms with Gasteiger partial charge in [-0.05, 0) is 56.2 Å². The number of rotatable bonds is 9. The molecule has 1 aliphatic rings. The number of allylic oxidation sites excluding steroid dienone is 1. The van der Waals surface area contributed by atoms with E-state index in [9.17, 15) is 10.1 Å². The van der Waals surface area contributed by atoms with Crippen LogP contribution >= 0.6 is 0 Å². The van der Waals surface area contributed by atoms with Gasteiger partial charge in [0.1, 0.15) is 28.9 Å². The third kappa shape index (κ3) is 5.62. The number of benzene rings is 3. The first-order chi connectivity index (χ1) is 17.9. The molecule has 1 atom stereocenters. The fourth-order valence-corrected chi connectivity index (χ4v) is 4.11. The molecule has 0 amide bonds. The topological polar surface area (TPSA) is 113 Å². The lowest BCUT2D eigenvalue weighted by Gasteiger charge is -2.27. The molecule has 0 fully saturated rings. The van der Waals surface area contributed by atoms with Crippen molar-refractivity contribution >= 4 is 5.97 Å². The Bertz CT molecular complexity index is 1380. The summed E-state index contributed by atoms with van der Waals surface area (Å²) in [6.45, 7) is 6.38. The third-order valence-electron chi connectivity index (χ3n) is 5.76. The normalized spacial score (nSPS) is 14.2. The summed E-state index contributed by atoms with van der Waals surface area (Å²) < 4.78 is 28.2. The molecule has 190 valence electrons. The van der Waals surface area contributed by atoms with Crippen LogP contribution in [0.1, 0.15) is 36.5 Å². The first kappa shape index (κ1) is 25.5. The van der Waals surface area contributed by atoms with Gasteiger partial charge in [-0.3, -0.25) is 0 Å². The van der Waals surface area contributed by atoms with E-state index in [1.165, 1.54) is 0 Å². The Labute approximate surface area is 215 Å². The maximum absolute atomic E-state index is 12.4. The highest BCUT2D eigenvalue weighted by Crippen LogP contribution is 2.45. The summed E-state index contributed by atoms with van der Waals surface area (Å²) in [4.78, 5) is 12.4. The molecule has 0 aromatic heterocycles. The number of nitrogens with two attached hydrogens (primary N) is 1. The standard InChI is InChI=1S/C29H28N2O6/c1-4-33-24-13-10-19(14-26(24)34-5-2)28-21-12-11-20(15-25(21)37-29(31)22(28)16-30)36-27(32)17-35-23-9-7-6-8-18(23)3/h6-15,28H,4-5,17,31H2,1-3H3. The lowest BCUT2D eigenvalue weighted by Crippen LogP contribution is -2.22. The van der Waals surface area contributed by atoms with Crippen molar-refractivity contribution in [3.63, 3.8) is 0 Å². The van der Waals surface area contributed by atoms with Crippen LogP contribution in [0.25, 0.3) is 0 Å². The number of aryl methyl sites for hydroxylation is 1. The van der Waals surface area contributed by atoms with E-state index in [2.05, 4.69) is 6.07 Å². The molecule has 0 saturated heterocycles. The molecular weight excluding hydrogens is 472 g/mol. The predicted molar refractivity (Wildman–Crippen MR) is 137 cm³/mol. The van der Waals surface area contributed by atoms with Crippen molar-refractivity contribution in [1.29, 1.82) is 5.26 Å². The Morgan fingerprint density at radius 3 is 2.46 bits per heavy atom. The molecule has 8 nitrogen and oxygen atoms in total. The minimum Gasteiger partial charge on any atom is -0.490 e. The first-order valence-corrected chi connectivity index (χ1v) is 11.9. The monoisotopic (exact) mass is 500 g/mol. The fourth-order valence-electron chi connectivity index (χ4n) is 4.11. The average Bonchev–Trinajstić information content (AvgIpc) is 2.88. The van der Waals surface area contributed by atoms with Crippen molar-refractivity contribution in [2.45, 2.75) is 26.7 Å². The Hall–Kier alpha value is -4.64. The molecule has 2 N–H and O–H groups in total. The highest BCUT2D eigenvalue weighted by atomic mass is 16.6. The number of nitrogens with zero attached hydrogens (tertiary/aromatic N) is 1. The highest BCUT2D eigenvalue weighted by molar-refractivity contribution is 5.74. The number of carbonyl (C=O) groups is 1. The summed E-state index contributed by atoms with van der Waals surface area (Å²) in [6, 6.07) is 20.1. The SMILES string of the molecule is CCOc1ccc(C2C(C#N)=C(N)Oc3cc(OC(=O)COc4ccccc4C)ccc32)cc1OCC. The van der Waals surface area contributed by atoms with Crippen molar-refractivity contribution in [2.75, 3.05) is 19.8 Å². The molecule has 0 saturated carbocycles. The van der Waals surface area contributed by atoms with Crippen LogP contribution in [0.2, 0.25) is 0 Å². The van der Waals surface area contributed by atoms with Crippen LogP contribution in [0, 0.1) is 18.3 Å². The van der Waals surface area contributed by atoms with Gasteiger partial charge in [-0.15, -0.1) is 0 Å². The van der Waals surface area contributed by atoms with E-state index in [-0.39, 0.29) is 23.8 Å². The summed E-state index contributed by atoms with van der Waals surface area (Å²) >= 11 is 0. The summed E-state index contributed by atoms with van der Waals surface area (Å²) in [6.07, 6.45) is 0. The van der Waals surface area contributed by atoms with Crippen molar-refractivity contribution in [3.8, 4) is 34.8 Å². The van der Waals surface area contributed by atoms with Crippen LogP contribution in [-0.4, -0.2) is 25.8 Å². The molecule has 1 aliphatic heterocycles. The van der Waals surface area contributed by atoms with Crippen molar-refractivity contribution in [3.05, 3.63) is 88.8 Å². The molecule has 4 rings (SSSR count). The van der Waals surface area contributed by atoms with Gasteiger partial charge in [0.05, 0.1) is 19.1 Å². The molecule has 3 aromatic rings. The van der Waals surface area contributed by atoms with Gasteiger partial charge in [-0.1, -0.05) is 30.3 Å². The van der Waals surface area contributed by atoms with Crippen LogP contribution in [-0.2, 0) is 4.79 Å². The molecule has 1 unspecified atom stereocenters. The van der Waals surface area contributed by atoms with Crippen LogP contribution in [0.3, 0.4) is 0 Å². The molecule has 3 aromatic carbocycles. The van der Waals surface area contributed by atoms with E-state index in [0.717, 1.165) is 11.1 Å². The van der Waals surface area contributed by atoms with E-state index in [1.807, 2.05) is 57.2 Å². The zero-order valence-corrected chi connectivity index (χ0v) is 20.9. The molecule has 37 heavy (non-hydrogen) atoms. The largest absolute Gasteiger partial charge is 0.490 e. The Morgan fingerprint density at radius 2 is 1.73 bits per heavy atom. The first-order valence-electron chi connectivity index (χ1n) is 11.9. The number of hydrogen-bond acceptors (Lipinski definition) is 8. The average molecular weight is 501 g/mol. The van der Waals surface area contributed by atoms with E-state index < -0.39 is 11.9 Å². The summed E-state index contributed by atoms with van der Waals surface area (Å²) in [5, 5.41) is 9.87. The van der Waals surface area contributed by atoms with Crippen LogP contribution < -0.4 is 29.4 Å². The van der Waals surface area contributed by atoms with E-state index in [4.69, 9.17) is 29.4 Å². The third-order valence-corrected chi connectivity index (χ3v) is 5.76. The van der Waals surface area contributed by atoms with Gasteiger partial charge in [0, 0.05) is 11.6 Å². The van der Waals surface area contributed by atoms with Crippen molar-refractivity contribution in [2.24, 2.45) is 5.73 Å². The van der Waals surface area contributed by atoms with Crippen LogP contribution in [0.4, 0.5) is 0 Å². The molecule has 0 spiro atoms. The fraction of sp³-hybridized carbons (Fsp3) is 0.241. The van der Waals surface area contributed by atoms with Crippen molar-refractivity contribution < 1.29 is 28.5 Å². The Balaban J connectivity index is 1.59. The lowest BCUT2D eigenvalue weighted by molar-refractivity contribution is -0.136. The van der Waals surface area contributed by atoms with Gasteiger partial charge in [0.25, 0.3) is 0 Å². The second-order valence-electron chi connectivity index (χ2n) is 8.22. The minimum atomic E-state index is -0.565. The van der Waals surface area contributed by atoms with Gasteiger partial charge < -0.3 is 29.4 Å². The molecule has 8 heteroatoms. The number of carbonyl (C=O) groups excluding carboxylic acids is 1. The predicted octanol–water partition coefficient (Wildman–Crippen LogP) is 5.00. The van der Waals surface area contributed by atoms with Gasteiger partial charge >= 0.3 is 5.97 Å². The zero-order valence-electron chi connectivity index (χ0n) is 20.9. The zero-order chi connectivity index (χ0) is 26.4. The quantitative estimate of drug-likeness (QED) is 0.323. The van der Waals surface area contributed by atoms with Gasteiger partial charge in [-0.25, -0.2) is 4.79 Å². The maximum Gasteiger partial charge on any atom is 0.349 e. The van der Waals surface area contributed by atoms with Crippen LogP contribution in [0.5, 0.6) is 28.7 Å². The van der Waals surface area contributed by atoms with E-state index >= 15 is 0 Å². The molecule has 1 heterocycles. The number of nitriles is 1. The molecule has 0 bridgehead atoms. The Kier molecular flexibility index (Phi) is 7.84. The smallest absolute Gasteiger partial charge is 0.349 e. The van der Waals surface area contributed by atoms with Gasteiger partial charge in [-0.2, -0.15) is 5.26 Å². The second kappa shape index (κ2) is 11.4. The van der Waals surface area contributed by atoms with Gasteiger partial charge in [0.15, 0.2) is 18.1 Å². The number of ether oxygens (including phenoxy) is 5. The summed E-state index contributed by atoms with van der Waals surface area (Å²) in [5.41, 5.74) is 8.81. The van der Waals surface area contributed by atoms with Gasteiger partial charge in [0.2, 0.25) is 5.88 Å². The number of hydrogen-bond donors (Lipinski definition) is 1. The number of fused-ring (bicyclic) bond motifs is 1. The van der Waals surface area contributed by atoms with Crippen molar-refractivity contribution in [1.82, 2.24) is 0 Å². The maximum atomic E-state index is 12.4. The highest BCUT2D eigenvalue weighted by Gasteiger charge is 2.32. The molecule has 0 radical (unpaired) electrons. The second-order valence-corrected chi connectivity index (χ2v) is 8.22. The minimum absolute atomic E-state index is 0.0155. The number of para-hydroxylation sites is 1. The summed E-state index contributed by atoms with van der Waals surface area (Å²) in [7, 11) is 0. The Morgan fingerprint density at radius 1 is 0.973 bits per heavy atom. The number of esters is 1.